The van der Waals surface area contributed by atoms with Crippen LogP contribution in [0.15, 0.2) is 24.3 Å². The predicted octanol–water partition coefficient (Wildman–Crippen LogP) is 1.83. The lowest BCUT2D eigenvalue weighted by atomic mass is 10.0. The molecule has 0 aliphatic carbocycles. The van der Waals surface area contributed by atoms with Crippen molar-refractivity contribution in [1.29, 1.82) is 0 Å². The molecule has 1 aromatic rings. The van der Waals surface area contributed by atoms with Crippen LogP contribution in [0.1, 0.15) is 43.7 Å². The minimum absolute atomic E-state index is 0.00440. The first-order chi connectivity index (χ1) is 11.6. The highest BCUT2D eigenvalue weighted by molar-refractivity contribution is 5.81. The average molecular weight is 332 g/mol. The SMILES string of the molecule is CC1CCC(C(=O)NCc2ccccc2CN2CCC(O)CC2)O1. The fourth-order valence-electron chi connectivity index (χ4n) is 3.49. The van der Waals surface area contributed by atoms with Crippen LogP contribution >= 0.6 is 0 Å². The van der Waals surface area contributed by atoms with Gasteiger partial charge in [-0.1, -0.05) is 24.3 Å². The van der Waals surface area contributed by atoms with Crippen molar-refractivity contribution < 1.29 is 14.6 Å². The van der Waals surface area contributed by atoms with Gasteiger partial charge in [-0.25, -0.2) is 0 Å². The molecule has 1 aromatic carbocycles. The van der Waals surface area contributed by atoms with Crippen LogP contribution in [0.2, 0.25) is 0 Å². The van der Waals surface area contributed by atoms with Crippen LogP contribution in [-0.2, 0) is 22.6 Å². The Bertz CT molecular complexity index is 555. The second-order valence-corrected chi connectivity index (χ2v) is 7.01. The van der Waals surface area contributed by atoms with E-state index in [1.54, 1.807) is 0 Å². The molecule has 2 saturated heterocycles. The van der Waals surface area contributed by atoms with Gasteiger partial charge in [0.25, 0.3) is 0 Å². The fraction of sp³-hybridized carbons (Fsp3) is 0.632. The van der Waals surface area contributed by atoms with Crippen LogP contribution < -0.4 is 5.32 Å². The highest BCUT2D eigenvalue weighted by atomic mass is 16.5. The number of nitrogens with zero attached hydrogens (tertiary/aromatic N) is 1. The van der Waals surface area contributed by atoms with Gasteiger partial charge in [0, 0.05) is 26.2 Å². The summed E-state index contributed by atoms with van der Waals surface area (Å²) in [6.45, 7) is 5.28. The van der Waals surface area contributed by atoms with E-state index in [2.05, 4.69) is 22.3 Å². The molecule has 2 aliphatic rings. The van der Waals surface area contributed by atoms with Crippen molar-refractivity contribution >= 4 is 5.91 Å². The van der Waals surface area contributed by atoms with Crippen LogP contribution in [-0.4, -0.2) is 47.3 Å². The Morgan fingerprint density at radius 3 is 2.58 bits per heavy atom. The normalized spacial score (nSPS) is 25.8. The first kappa shape index (κ1) is 17.4. The van der Waals surface area contributed by atoms with Crippen molar-refractivity contribution in [2.24, 2.45) is 0 Å². The number of carbonyl (C=O) groups is 1. The van der Waals surface area contributed by atoms with E-state index >= 15 is 0 Å². The van der Waals surface area contributed by atoms with E-state index in [-0.39, 0.29) is 24.2 Å². The summed E-state index contributed by atoms with van der Waals surface area (Å²) in [5, 5.41) is 12.7. The number of carbonyl (C=O) groups excluding carboxylic acids is 1. The third-order valence-corrected chi connectivity index (χ3v) is 5.05. The van der Waals surface area contributed by atoms with Gasteiger partial charge < -0.3 is 15.2 Å². The number of piperidine rings is 1. The number of hydrogen-bond acceptors (Lipinski definition) is 4. The topological polar surface area (TPSA) is 61.8 Å². The molecule has 2 N–H and O–H groups in total. The van der Waals surface area contributed by atoms with Gasteiger partial charge in [-0.05, 0) is 43.7 Å². The molecule has 2 fully saturated rings. The molecule has 1 amide bonds. The highest BCUT2D eigenvalue weighted by Crippen LogP contribution is 2.20. The maximum absolute atomic E-state index is 12.2. The molecule has 0 spiro atoms. The third kappa shape index (κ3) is 4.56. The van der Waals surface area contributed by atoms with E-state index in [0.29, 0.717) is 6.54 Å². The van der Waals surface area contributed by atoms with E-state index in [4.69, 9.17) is 4.74 Å². The lowest BCUT2D eigenvalue weighted by molar-refractivity contribution is -0.131. The quantitative estimate of drug-likeness (QED) is 0.863. The van der Waals surface area contributed by atoms with E-state index in [0.717, 1.165) is 50.9 Å². The Hall–Kier alpha value is -1.43. The molecule has 0 aromatic heterocycles. The Balaban J connectivity index is 1.55. The smallest absolute Gasteiger partial charge is 0.249 e. The minimum atomic E-state index is -0.296. The molecule has 3 rings (SSSR count). The first-order valence-electron chi connectivity index (χ1n) is 9.02. The van der Waals surface area contributed by atoms with Crippen molar-refractivity contribution in [2.45, 2.75) is 64.0 Å². The van der Waals surface area contributed by atoms with Crippen molar-refractivity contribution in [3.8, 4) is 0 Å². The summed E-state index contributed by atoms with van der Waals surface area (Å²) < 4.78 is 5.63. The number of nitrogens with one attached hydrogen (secondary N) is 1. The number of rotatable bonds is 5. The molecule has 2 unspecified atom stereocenters. The zero-order chi connectivity index (χ0) is 16.9. The largest absolute Gasteiger partial charge is 0.393 e. The molecule has 132 valence electrons. The van der Waals surface area contributed by atoms with Crippen LogP contribution in [0, 0.1) is 0 Å². The van der Waals surface area contributed by atoms with E-state index in [1.165, 1.54) is 5.56 Å². The van der Waals surface area contributed by atoms with Gasteiger partial charge in [-0.3, -0.25) is 9.69 Å². The summed E-state index contributed by atoms with van der Waals surface area (Å²) in [5.74, 6) is -0.00440. The molecule has 2 heterocycles. The molecule has 24 heavy (non-hydrogen) atoms. The second kappa shape index (κ2) is 8.10. The Morgan fingerprint density at radius 2 is 1.92 bits per heavy atom. The number of likely N-dealkylation sites (tertiary alicyclic amines) is 1. The lowest BCUT2D eigenvalue weighted by Gasteiger charge is -2.30. The Morgan fingerprint density at radius 1 is 1.21 bits per heavy atom. The summed E-state index contributed by atoms with van der Waals surface area (Å²) in [7, 11) is 0. The second-order valence-electron chi connectivity index (χ2n) is 7.01. The average Bonchev–Trinajstić information content (AvgIpc) is 3.02. The summed E-state index contributed by atoms with van der Waals surface area (Å²) in [6, 6.07) is 8.26. The van der Waals surface area contributed by atoms with Crippen LogP contribution in [0.5, 0.6) is 0 Å². The van der Waals surface area contributed by atoms with Crippen molar-refractivity contribution in [3.63, 3.8) is 0 Å². The van der Waals surface area contributed by atoms with Gasteiger partial charge in [0.1, 0.15) is 6.10 Å². The monoisotopic (exact) mass is 332 g/mol. The van der Waals surface area contributed by atoms with Crippen molar-refractivity contribution in [1.82, 2.24) is 10.2 Å². The number of hydrogen-bond donors (Lipinski definition) is 2. The minimum Gasteiger partial charge on any atom is -0.393 e. The molecule has 5 nitrogen and oxygen atoms in total. The zero-order valence-corrected chi connectivity index (χ0v) is 14.4. The van der Waals surface area contributed by atoms with Crippen LogP contribution in [0.25, 0.3) is 0 Å². The number of aliphatic hydroxyl groups is 1. The zero-order valence-electron chi connectivity index (χ0n) is 14.4. The van der Waals surface area contributed by atoms with E-state index < -0.39 is 0 Å². The van der Waals surface area contributed by atoms with Gasteiger partial charge in [-0.2, -0.15) is 0 Å². The number of benzene rings is 1. The van der Waals surface area contributed by atoms with Crippen molar-refractivity contribution in [3.05, 3.63) is 35.4 Å². The standard InChI is InChI=1S/C19H28N2O3/c1-14-6-7-18(24-14)19(23)20-12-15-4-2-3-5-16(15)13-21-10-8-17(22)9-11-21/h2-5,14,17-18,22H,6-13H2,1H3,(H,20,23). The summed E-state index contributed by atoms with van der Waals surface area (Å²) in [5.41, 5.74) is 2.40. The third-order valence-electron chi connectivity index (χ3n) is 5.05. The summed E-state index contributed by atoms with van der Waals surface area (Å²) in [6.07, 6.45) is 3.19. The molecular formula is C19H28N2O3. The lowest BCUT2D eigenvalue weighted by Crippen LogP contribution is -2.36. The molecule has 0 saturated carbocycles. The van der Waals surface area contributed by atoms with Gasteiger partial charge in [0.15, 0.2) is 0 Å². The van der Waals surface area contributed by atoms with Gasteiger partial charge in [-0.15, -0.1) is 0 Å². The fourth-order valence-corrected chi connectivity index (χ4v) is 3.49. The molecule has 2 aliphatic heterocycles. The molecular weight excluding hydrogens is 304 g/mol. The molecule has 2 atom stereocenters. The first-order valence-corrected chi connectivity index (χ1v) is 9.02. The van der Waals surface area contributed by atoms with Crippen LogP contribution in [0.4, 0.5) is 0 Å². The Kier molecular flexibility index (Phi) is 5.87. The number of aliphatic hydroxyl groups excluding tert-OH is 1. The molecule has 5 heteroatoms. The molecule has 0 bridgehead atoms. The maximum atomic E-state index is 12.2. The van der Waals surface area contributed by atoms with Gasteiger partial charge in [0.2, 0.25) is 5.91 Å². The van der Waals surface area contributed by atoms with E-state index in [1.807, 2.05) is 19.1 Å². The predicted molar refractivity (Wildman–Crippen MR) is 92.4 cm³/mol. The molecule has 0 radical (unpaired) electrons. The highest BCUT2D eigenvalue weighted by Gasteiger charge is 2.28. The Labute approximate surface area is 144 Å². The van der Waals surface area contributed by atoms with Crippen LogP contribution in [0.3, 0.4) is 0 Å². The van der Waals surface area contributed by atoms with Crippen molar-refractivity contribution in [2.75, 3.05) is 13.1 Å². The summed E-state index contributed by atoms with van der Waals surface area (Å²) >= 11 is 0. The van der Waals surface area contributed by atoms with Gasteiger partial charge in [0.05, 0.1) is 12.2 Å². The summed E-state index contributed by atoms with van der Waals surface area (Å²) in [4.78, 5) is 14.6. The number of ether oxygens (including phenoxy) is 1. The number of amides is 1. The maximum Gasteiger partial charge on any atom is 0.249 e. The van der Waals surface area contributed by atoms with E-state index in [9.17, 15) is 9.90 Å². The van der Waals surface area contributed by atoms with Gasteiger partial charge >= 0.3 is 0 Å².